The fourth-order valence-electron chi connectivity index (χ4n) is 1.47. The minimum Gasteiger partial charge on any atom is -0.437 e. The van der Waals surface area contributed by atoms with Gasteiger partial charge >= 0.3 is 0 Å². The minimum atomic E-state index is -0.521. The fraction of sp³-hybridized carbons (Fsp3) is 0.167. The molecule has 8 heteroatoms. The topological polar surface area (TPSA) is 90.2 Å². The summed E-state index contributed by atoms with van der Waals surface area (Å²) in [6.07, 6.45) is 1.33. The highest BCUT2D eigenvalue weighted by molar-refractivity contribution is 6.32. The van der Waals surface area contributed by atoms with E-state index < -0.39 is 4.92 Å². The van der Waals surface area contributed by atoms with E-state index in [-0.39, 0.29) is 22.3 Å². The van der Waals surface area contributed by atoms with Gasteiger partial charge in [0, 0.05) is 18.7 Å². The van der Waals surface area contributed by atoms with Gasteiger partial charge in [-0.25, -0.2) is 9.97 Å². The molecule has 104 valence electrons. The third-order valence-corrected chi connectivity index (χ3v) is 2.65. The maximum Gasteiger partial charge on any atom is 0.273 e. The molecule has 0 fully saturated rings. The van der Waals surface area contributed by atoms with Gasteiger partial charge in [-0.05, 0) is 13.0 Å². The standard InChI is InChI=1S/C12H11ClN4O3/c1-2-14-11-6-12(16-7-15-11)20-10-5-8(17(18)19)3-4-9(10)13/h3-7H,2H2,1H3,(H,14,15,16). The first-order chi connectivity index (χ1) is 9.60. The maximum atomic E-state index is 10.7. The van der Waals surface area contributed by atoms with E-state index in [1.54, 1.807) is 6.07 Å². The number of nitro benzene ring substituents is 1. The van der Waals surface area contributed by atoms with Gasteiger partial charge in [0.15, 0.2) is 5.75 Å². The molecule has 0 aliphatic heterocycles. The van der Waals surface area contributed by atoms with Crippen molar-refractivity contribution in [3.8, 4) is 11.6 Å². The number of nitrogens with one attached hydrogen (secondary N) is 1. The average molecular weight is 295 g/mol. The lowest BCUT2D eigenvalue weighted by atomic mass is 10.3. The molecule has 0 spiro atoms. The molecular weight excluding hydrogens is 284 g/mol. The van der Waals surface area contributed by atoms with Crippen LogP contribution in [0, 0.1) is 10.1 Å². The van der Waals surface area contributed by atoms with Gasteiger partial charge in [0.1, 0.15) is 12.1 Å². The summed E-state index contributed by atoms with van der Waals surface area (Å²) in [5.74, 6) is 1.01. The highest BCUT2D eigenvalue weighted by Gasteiger charge is 2.12. The molecular formula is C12H11ClN4O3. The van der Waals surface area contributed by atoms with Crippen LogP contribution in [0.3, 0.4) is 0 Å². The Hall–Kier alpha value is -2.41. The quantitative estimate of drug-likeness (QED) is 0.672. The van der Waals surface area contributed by atoms with Crippen LogP contribution in [-0.2, 0) is 0 Å². The molecule has 0 amide bonds. The van der Waals surface area contributed by atoms with Crippen LogP contribution < -0.4 is 10.1 Å². The van der Waals surface area contributed by atoms with Gasteiger partial charge in [-0.1, -0.05) is 11.6 Å². The first-order valence-electron chi connectivity index (χ1n) is 5.78. The Labute approximate surface area is 119 Å². The largest absolute Gasteiger partial charge is 0.437 e. The van der Waals surface area contributed by atoms with Crippen molar-refractivity contribution in [3.05, 3.63) is 45.7 Å². The summed E-state index contributed by atoms with van der Waals surface area (Å²) in [6, 6.07) is 5.54. The van der Waals surface area contributed by atoms with E-state index in [2.05, 4.69) is 15.3 Å². The molecule has 0 aliphatic rings. The number of benzene rings is 1. The molecule has 2 aromatic rings. The average Bonchev–Trinajstić information content (AvgIpc) is 2.42. The van der Waals surface area contributed by atoms with Gasteiger partial charge in [-0.2, -0.15) is 0 Å². The van der Waals surface area contributed by atoms with Crippen molar-refractivity contribution in [2.45, 2.75) is 6.92 Å². The Morgan fingerprint density at radius 3 is 2.90 bits per heavy atom. The number of non-ortho nitro benzene ring substituents is 1. The van der Waals surface area contributed by atoms with Crippen LogP contribution in [-0.4, -0.2) is 21.4 Å². The number of aromatic nitrogens is 2. The molecule has 1 N–H and O–H groups in total. The predicted octanol–water partition coefficient (Wildman–Crippen LogP) is 3.26. The molecule has 0 bridgehead atoms. The monoisotopic (exact) mass is 294 g/mol. The number of nitrogens with zero attached hydrogens (tertiary/aromatic N) is 3. The van der Waals surface area contributed by atoms with Crippen LogP contribution in [0.15, 0.2) is 30.6 Å². The molecule has 20 heavy (non-hydrogen) atoms. The second kappa shape index (κ2) is 6.16. The van der Waals surface area contributed by atoms with Gasteiger partial charge in [0.2, 0.25) is 5.88 Å². The molecule has 0 saturated carbocycles. The highest BCUT2D eigenvalue weighted by Crippen LogP contribution is 2.32. The number of ether oxygens (including phenoxy) is 1. The zero-order valence-electron chi connectivity index (χ0n) is 10.5. The second-order valence-corrected chi connectivity index (χ2v) is 4.15. The van der Waals surface area contributed by atoms with E-state index in [0.29, 0.717) is 12.4 Å². The summed E-state index contributed by atoms with van der Waals surface area (Å²) in [5.41, 5.74) is -0.106. The smallest absolute Gasteiger partial charge is 0.273 e. The van der Waals surface area contributed by atoms with Crippen molar-refractivity contribution >= 4 is 23.1 Å². The zero-order chi connectivity index (χ0) is 14.5. The van der Waals surface area contributed by atoms with Gasteiger partial charge in [0.05, 0.1) is 16.0 Å². The highest BCUT2D eigenvalue weighted by atomic mass is 35.5. The molecule has 0 atom stereocenters. The summed E-state index contributed by atoms with van der Waals surface area (Å²) in [4.78, 5) is 18.1. The van der Waals surface area contributed by atoms with E-state index in [4.69, 9.17) is 16.3 Å². The SMILES string of the molecule is CCNc1cc(Oc2cc([N+](=O)[O-])ccc2Cl)ncn1. The Balaban J connectivity index is 2.27. The van der Waals surface area contributed by atoms with Crippen LogP contribution in [0.5, 0.6) is 11.6 Å². The summed E-state index contributed by atoms with van der Waals surface area (Å²) in [7, 11) is 0. The Morgan fingerprint density at radius 1 is 1.40 bits per heavy atom. The van der Waals surface area contributed by atoms with Crippen LogP contribution in [0.4, 0.5) is 11.5 Å². The lowest BCUT2D eigenvalue weighted by Crippen LogP contribution is -2.00. The molecule has 0 unspecified atom stereocenters. The second-order valence-electron chi connectivity index (χ2n) is 3.75. The fourth-order valence-corrected chi connectivity index (χ4v) is 1.63. The van der Waals surface area contributed by atoms with Crippen molar-refractivity contribution in [1.82, 2.24) is 9.97 Å². The zero-order valence-corrected chi connectivity index (χ0v) is 11.3. The third kappa shape index (κ3) is 3.33. The van der Waals surface area contributed by atoms with Gasteiger partial charge in [-0.15, -0.1) is 0 Å². The van der Waals surface area contributed by atoms with E-state index in [1.807, 2.05) is 6.92 Å². The summed E-state index contributed by atoms with van der Waals surface area (Å²) >= 11 is 5.95. The van der Waals surface area contributed by atoms with Crippen LogP contribution >= 0.6 is 11.6 Å². The van der Waals surface area contributed by atoms with Crippen molar-refractivity contribution in [3.63, 3.8) is 0 Å². The first kappa shape index (κ1) is 14.0. The number of rotatable bonds is 5. The molecule has 0 radical (unpaired) electrons. The van der Waals surface area contributed by atoms with E-state index in [1.165, 1.54) is 24.5 Å². The number of nitro groups is 1. The van der Waals surface area contributed by atoms with E-state index in [9.17, 15) is 10.1 Å². The Morgan fingerprint density at radius 2 is 2.20 bits per heavy atom. The summed E-state index contributed by atoms with van der Waals surface area (Å²) in [5, 5.41) is 14.0. The van der Waals surface area contributed by atoms with E-state index >= 15 is 0 Å². The number of hydrogen-bond donors (Lipinski definition) is 1. The van der Waals surface area contributed by atoms with Crippen LogP contribution in [0.1, 0.15) is 6.92 Å². The summed E-state index contributed by atoms with van der Waals surface area (Å²) < 4.78 is 5.46. The summed E-state index contributed by atoms with van der Waals surface area (Å²) in [6.45, 7) is 2.63. The van der Waals surface area contributed by atoms with Gasteiger partial charge in [0.25, 0.3) is 5.69 Å². The number of hydrogen-bond acceptors (Lipinski definition) is 6. The lowest BCUT2D eigenvalue weighted by molar-refractivity contribution is -0.384. The molecule has 1 heterocycles. The predicted molar refractivity (Wildman–Crippen MR) is 74.4 cm³/mol. The molecule has 0 aliphatic carbocycles. The van der Waals surface area contributed by atoms with Gasteiger partial charge < -0.3 is 10.1 Å². The normalized spacial score (nSPS) is 10.1. The van der Waals surface area contributed by atoms with Crippen molar-refractivity contribution in [2.75, 3.05) is 11.9 Å². The van der Waals surface area contributed by atoms with Crippen molar-refractivity contribution < 1.29 is 9.66 Å². The third-order valence-electron chi connectivity index (χ3n) is 2.34. The first-order valence-corrected chi connectivity index (χ1v) is 6.15. The van der Waals surface area contributed by atoms with Crippen molar-refractivity contribution in [2.24, 2.45) is 0 Å². The Bertz CT molecular complexity index is 636. The molecule has 7 nitrogen and oxygen atoms in total. The number of halogens is 1. The van der Waals surface area contributed by atoms with Crippen LogP contribution in [0.25, 0.3) is 0 Å². The molecule has 1 aromatic carbocycles. The minimum absolute atomic E-state index is 0.106. The molecule has 1 aromatic heterocycles. The maximum absolute atomic E-state index is 10.7. The van der Waals surface area contributed by atoms with E-state index in [0.717, 1.165) is 0 Å². The van der Waals surface area contributed by atoms with Crippen LogP contribution in [0.2, 0.25) is 5.02 Å². The van der Waals surface area contributed by atoms with Crippen molar-refractivity contribution in [1.29, 1.82) is 0 Å². The molecule has 0 saturated heterocycles. The Kier molecular flexibility index (Phi) is 4.31. The molecule has 2 rings (SSSR count). The van der Waals surface area contributed by atoms with Gasteiger partial charge in [-0.3, -0.25) is 10.1 Å². The number of anilines is 1. The lowest BCUT2D eigenvalue weighted by Gasteiger charge is -2.07.